The van der Waals surface area contributed by atoms with Crippen LogP contribution in [0.15, 0.2) is 0 Å². The molecule has 0 rings (SSSR count). The molecular formula is C12H18O6. The topological polar surface area (TPSA) is 86.7 Å². The summed E-state index contributed by atoms with van der Waals surface area (Å²) in [7, 11) is 0. The third kappa shape index (κ3) is 8.43. The van der Waals surface area contributed by atoms with Crippen molar-refractivity contribution < 1.29 is 28.7 Å². The van der Waals surface area contributed by atoms with Gasteiger partial charge in [-0.15, -0.1) is 0 Å². The van der Waals surface area contributed by atoms with E-state index in [1.807, 2.05) is 0 Å². The van der Waals surface area contributed by atoms with Gasteiger partial charge < -0.3 is 9.47 Å². The molecule has 0 aromatic rings. The van der Waals surface area contributed by atoms with E-state index in [1.54, 1.807) is 13.8 Å². The summed E-state index contributed by atoms with van der Waals surface area (Å²) < 4.78 is 9.19. The van der Waals surface area contributed by atoms with Crippen LogP contribution in [0.4, 0.5) is 0 Å². The van der Waals surface area contributed by atoms with Gasteiger partial charge in [-0.25, -0.2) is 0 Å². The zero-order chi connectivity index (χ0) is 14.0. The maximum absolute atomic E-state index is 11.3. The zero-order valence-corrected chi connectivity index (χ0v) is 10.7. The smallest absolute Gasteiger partial charge is 0.313 e. The average molecular weight is 258 g/mol. The molecule has 0 aromatic heterocycles. The Balaban J connectivity index is 3.81. The molecule has 102 valence electrons. The van der Waals surface area contributed by atoms with Crippen molar-refractivity contribution in [1.82, 2.24) is 0 Å². The van der Waals surface area contributed by atoms with Crippen LogP contribution in [-0.2, 0) is 28.7 Å². The van der Waals surface area contributed by atoms with Crippen LogP contribution in [0, 0.1) is 0 Å². The van der Waals surface area contributed by atoms with Crippen LogP contribution in [0.1, 0.15) is 39.5 Å². The first-order valence-corrected chi connectivity index (χ1v) is 5.84. The first-order valence-electron chi connectivity index (χ1n) is 5.84. The summed E-state index contributed by atoms with van der Waals surface area (Å²) in [4.78, 5) is 44.5. The SMILES string of the molecule is CCOC(=O)CC(=O)CCC(=O)CC(=O)OCC. The molecule has 0 bridgehead atoms. The van der Waals surface area contributed by atoms with E-state index in [9.17, 15) is 19.2 Å². The summed E-state index contributed by atoms with van der Waals surface area (Å²) in [5, 5.41) is 0. The molecule has 0 saturated carbocycles. The second kappa shape index (κ2) is 9.32. The molecule has 0 fully saturated rings. The van der Waals surface area contributed by atoms with Crippen LogP contribution < -0.4 is 0 Å². The first kappa shape index (κ1) is 16.3. The molecule has 0 atom stereocenters. The van der Waals surface area contributed by atoms with Crippen molar-refractivity contribution in [3.05, 3.63) is 0 Å². The van der Waals surface area contributed by atoms with Gasteiger partial charge in [-0.2, -0.15) is 0 Å². The number of carbonyl (C=O) groups excluding carboxylic acids is 4. The molecule has 0 aliphatic heterocycles. The Hall–Kier alpha value is -1.72. The van der Waals surface area contributed by atoms with Gasteiger partial charge in [0, 0.05) is 12.8 Å². The molecule has 0 amide bonds. The van der Waals surface area contributed by atoms with Gasteiger partial charge in [-0.05, 0) is 13.8 Å². The lowest BCUT2D eigenvalue weighted by atomic mass is 10.1. The molecule has 0 aliphatic carbocycles. The first-order chi connectivity index (χ1) is 8.49. The van der Waals surface area contributed by atoms with E-state index in [-0.39, 0.29) is 50.5 Å². The average Bonchev–Trinajstić information content (AvgIpc) is 2.27. The number of carbonyl (C=O) groups is 4. The Kier molecular flexibility index (Phi) is 8.43. The van der Waals surface area contributed by atoms with Gasteiger partial charge in [-0.3, -0.25) is 19.2 Å². The van der Waals surface area contributed by atoms with Crippen molar-refractivity contribution in [2.75, 3.05) is 13.2 Å². The number of hydrogen-bond acceptors (Lipinski definition) is 6. The molecule has 18 heavy (non-hydrogen) atoms. The lowest BCUT2D eigenvalue weighted by Crippen LogP contribution is -2.14. The largest absolute Gasteiger partial charge is 0.466 e. The quantitative estimate of drug-likeness (QED) is 0.449. The molecule has 0 spiro atoms. The van der Waals surface area contributed by atoms with Crippen LogP contribution in [0.5, 0.6) is 0 Å². The third-order valence-electron chi connectivity index (χ3n) is 1.98. The number of hydrogen-bond donors (Lipinski definition) is 0. The summed E-state index contributed by atoms with van der Waals surface area (Å²) in [6.07, 6.45) is -0.783. The minimum atomic E-state index is -0.597. The second-order valence-corrected chi connectivity index (χ2v) is 3.54. The summed E-state index contributed by atoms with van der Waals surface area (Å²) >= 11 is 0. The van der Waals surface area contributed by atoms with Crippen LogP contribution in [0.3, 0.4) is 0 Å². The number of ketones is 2. The number of Topliss-reactive ketones (excluding diaryl/α,β-unsaturated/α-hetero) is 2. The summed E-state index contributed by atoms with van der Waals surface area (Å²) in [6.45, 7) is 3.72. The van der Waals surface area contributed by atoms with Crippen LogP contribution in [0.25, 0.3) is 0 Å². The summed E-state index contributed by atoms with van der Waals surface area (Å²) in [5.41, 5.74) is 0. The minimum Gasteiger partial charge on any atom is -0.466 e. The van der Waals surface area contributed by atoms with Gasteiger partial charge >= 0.3 is 11.9 Å². The molecule has 6 heteroatoms. The van der Waals surface area contributed by atoms with E-state index in [0.717, 1.165) is 0 Å². The molecule has 0 aromatic carbocycles. The summed E-state index contributed by atoms with van der Waals surface area (Å²) in [5.74, 6) is -1.93. The molecule has 0 radical (unpaired) electrons. The van der Waals surface area contributed by atoms with Crippen molar-refractivity contribution in [1.29, 1.82) is 0 Å². The molecule has 0 heterocycles. The Morgan fingerprint density at radius 2 is 1.06 bits per heavy atom. The van der Waals surface area contributed by atoms with Gasteiger partial charge in [0.15, 0.2) is 0 Å². The van der Waals surface area contributed by atoms with Gasteiger partial charge in [0.25, 0.3) is 0 Å². The number of rotatable bonds is 9. The third-order valence-corrected chi connectivity index (χ3v) is 1.98. The van der Waals surface area contributed by atoms with Gasteiger partial charge in [0.2, 0.25) is 0 Å². The highest BCUT2D eigenvalue weighted by Gasteiger charge is 2.14. The predicted molar refractivity (Wildman–Crippen MR) is 61.7 cm³/mol. The van der Waals surface area contributed by atoms with Crippen molar-refractivity contribution in [3.63, 3.8) is 0 Å². The highest BCUT2D eigenvalue weighted by atomic mass is 16.5. The zero-order valence-electron chi connectivity index (χ0n) is 10.7. The highest BCUT2D eigenvalue weighted by Crippen LogP contribution is 2.01. The van der Waals surface area contributed by atoms with Gasteiger partial charge in [0.1, 0.15) is 24.4 Å². The second-order valence-electron chi connectivity index (χ2n) is 3.54. The minimum absolute atomic E-state index is 0.0585. The maximum atomic E-state index is 11.3. The van der Waals surface area contributed by atoms with Gasteiger partial charge in [-0.1, -0.05) is 0 Å². The monoisotopic (exact) mass is 258 g/mol. The maximum Gasteiger partial charge on any atom is 0.313 e. The van der Waals surface area contributed by atoms with E-state index in [0.29, 0.717) is 0 Å². The van der Waals surface area contributed by atoms with Crippen molar-refractivity contribution in [3.8, 4) is 0 Å². The normalized spacial score (nSPS) is 9.67. The summed E-state index contributed by atoms with van der Waals surface area (Å²) in [6, 6.07) is 0. The predicted octanol–water partition coefficient (Wildman–Crippen LogP) is 0.811. The fourth-order valence-electron chi connectivity index (χ4n) is 1.20. The molecule has 6 nitrogen and oxygen atoms in total. The molecule has 0 saturated heterocycles. The van der Waals surface area contributed by atoms with Gasteiger partial charge in [0.05, 0.1) is 13.2 Å². The fraction of sp³-hybridized carbons (Fsp3) is 0.667. The van der Waals surface area contributed by atoms with Crippen LogP contribution in [0.2, 0.25) is 0 Å². The molecular weight excluding hydrogens is 240 g/mol. The Morgan fingerprint density at radius 1 is 0.722 bits per heavy atom. The lowest BCUT2D eigenvalue weighted by Gasteiger charge is -2.02. The number of ether oxygens (including phenoxy) is 2. The number of esters is 2. The van der Waals surface area contributed by atoms with E-state index < -0.39 is 11.9 Å². The van der Waals surface area contributed by atoms with Crippen molar-refractivity contribution in [2.45, 2.75) is 39.5 Å². The van der Waals surface area contributed by atoms with E-state index >= 15 is 0 Å². The Labute approximate surface area is 106 Å². The molecule has 0 unspecified atom stereocenters. The fourth-order valence-corrected chi connectivity index (χ4v) is 1.20. The van der Waals surface area contributed by atoms with E-state index in [4.69, 9.17) is 0 Å². The van der Waals surface area contributed by atoms with Crippen molar-refractivity contribution >= 4 is 23.5 Å². The molecule has 0 N–H and O–H groups in total. The van der Waals surface area contributed by atoms with Crippen molar-refractivity contribution in [2.24, 2.45) is 0 Å². The van der Waals surface area contributed by atoms with Crippen LogP contribution >= 0.6 is 0 Å². The Bertz CT molecular complexity index is 289. The van der Waals surface area contributed by atoms with Crippen LogP contribution in [-0.4, -0.2) is 36.7 Å². The van der Waals surface area contributed by atoms with E-state index in [1.165, 1.54) is 0 Å². The standard InChI is InChI=1S/C12H18O6/c1-3-17-11(15)7-9(13)5-6-10(14)8-12(16)18-4-2/h3-8H2,1-2H3. The van der Waals surface area contributed by atoms with E-state index in [2.05, 4.69) is 9.47 Å². The Morgan fingerprint density at radius 3 is 1.33 bits per heavy atom. The highest BCUT2D eigenvalue weighted by molar-refractivity contribution is 6.00. The molecule has 0 aliphatic rings. The lowest BCUT2D eigenvalue weighted by molar-refractivity contribution is -0.148.